The molecular weight excluding hydrogens is 305 g/mol. The molecule has 2 rings (SSSR count). The second kappa shape index (κ2) is 7.50. The van der Waals surface area contributed by atoms with Gasteiger partial charge in [-0.05, 0) is 24.1 Å². The number of nitrogens with zero attached hydrogens (tertiary/aromatic N) is 2. The van der Waals surface area contributed by atoms with Crippen LogP contribution in [0.25, 0.3) is 0 Å². The highest BCUT2D eigenvalue weighted by Crippen LogP contribution is 2.27. The summed E-state index contributed by atoms with van der Waals surface area (Å²) < 4.78 is 41.9. The molecule has 1 atom stereocenters. The maximum absolute atomic E-state index is 13.5. The summed E-state index contributed by atoms with van der Waals surface area (Å²) >= 11 is 0. The summed E-state index contributed by atoms with van der Waals surface area (Å²) in [5, 5.41) is 3.19. The molecule has 0 bridgehead atoms. The first-order chi connectivity index (χ1) is 10.5. The number of benzene rings is 1. The number of unbranched alkanes of at least 4 members (excludes halogenated alkanes) is 1. The second-order valence-corrected chi connectivity index (χ2v) is 7.56. The van der Waals surface area contributed by atoms with Crippen molar-refractivity contribution < 1.29 is 12.8 Å². The van der Waals surface area contributed by atoms with Crippen molar-refractivity contribution in [1.82, 2.24) is 13.9 Å². The standard InChI is InChI=1S/C15H24FN3O2S/c1-3-4-9-18(2)22(20,21)19-10-8-17-12-15(19)13-6-5-7-14(16)11-13/h5-7,11,15,17H,3-4,8-10,12H2,1-2H3. The molecule has 1 saturated heterocycles. The quantitative estimate of drug-likeness (QED) is 0.865. The van der Waals surface area contributed by atoms with Crippen molar-refractivity contribution in [2.45, 2.75) is 25.8 Å². The van der Waals surface area contributed by atoms with E-state index in [2.05, 4.69) is 5.32 Å². The van der Waals surface area contributed by atoms with Gasteiger partial charge in [0.15, 0.2) is 0 Å². The highest BCUT2D eigenvalue weighted by atomic mass is 32.2. The molecule has 0 saturated carbocycles. The van der Waals surface area contributed by atoms with Crippen molar-refractivity contribution in [2.75, 3.05) is 33.2 Å². The molecule has 1 aliphatic heterocycles. The van der Waals surface area contributed by atoms with Gasteiger partial charge in [0.1, 0.15) is 5.82 Å². The van der Waals surface area contributed by atoms with Crippen LogP contribution in [0.3, 0.4) is 0 Å². The second-order valence-electron chi connectivity index (χ2n) is 5.57. The van der Waals surface area contributed by atoms with E-state index in [4.69, 9.17) is 0 Å². The molecule has 1 aromatic carbocycles. The fourth-order valence-electron chi connectivity index (χ4n) is 2.63. The number of rotatable bonds is 6. The average Bonchev–Trinajstić information content (AvgIpc) is 2.52. The predicted octanol–water partition coefficient (Wildman–Crippen LogP) is 1.75. The molecule has 0 aromatic heterocycles. The zero-order valence-corrected chi connectivity index (χ0v) is 13.9. The Morgan fingerprint density at radius 1 is 1.45 bits per heavy atom. The monoisotopic (exact) mass is 329 g/mol. The minimum atomic E-state index is -3.54. The molecule has 0 radical (unpaired) electrons. The van der Waals surface area contributed by atoms with Crippen LogP contribution in [0.2, 0.25) is 0 Å². The first-order valence-corrected chi connectivity index (χ1v) is 9.05. The molecule has 0 spiro atoms. The Bertz CT molecular complexity index is 594. The van der Waals surface area contributed by atoms with Gasteiger partial charge in [-0.2, -0.15) is 17.0 Å². The highest BCUT2D eigenvalue weighted by molar-refractivity contribution is 7.86. The van der Waals surface area contributed by atoms with Crippen molar-refractivity contribution in [3.63, 3.8) is 0 Å². The zero-order chi connectivity index (χ0) is 16.2. The van der Waals surface area contributed by atoms with Gasteiger partial charge in [-0.25, -0.2) is 4.39 Å². The summed E-state index contributed by atoms with van der Waals surface area (Å²) in [7, 11) is -1.93. The molecular formula is C15H24FN3O2S. The van der Waals surface area contributed by atoms with Gasteiger partial charge in [0.25, 0.3) is 10.2 Å². The fourth-order valence-corrected chi connectivity index (χ4v) is 4.19. The van der Waals surface area contributed by atoms with E-state index in [1.807, 2.05) is 6.92 Å². The van der Waals surface area contributed by atoms with Gasteiger partial charge in [0, 0.05) is 33.2 Å². The molecule has 5 nitrogen and oxygen atoms in total. The minimum absolute atomic E-state index is 0.347. The van der Waals surface area contributed by atoms with Gasteiger partial charge in [-0.15, -0.1) is 0 Å². The summed E-state index contributed by atoms with van der Waals surface area (Å²) in [5.74, 6) is -0.347. The first kappa shape index (κ1) is 17.3. The molecule has 1 unspecified atom stereocenters. The number of hydrogen-bond acceptors (Lipinski definition) is 3. The van der Waals surface area contributed by atoms with Crippen molar-refractivity contribution in [2.24, 2.45) is 0 Å². The molecule has 1 aromatic rings. The first-order valence-electron chi connectivity index (χ1n) is 7.66. The van der Waals surface area contributed by atoms with Crippen molar-refractivity contribution in [3.8, 4) is 0 Å². The van der Waals surface area contributed by atoms with Crippen LogP contribution >= 0.6 is 0 Å². The SMILES string of the molecule is CCCCN(C)S(=O)(=O)N1CCNCC1c1cccc(F)c1. The largest absolute Gasteiger partial charge is 0.313 e. The average molecular weight is 329 g/mol. The minimum Gasteiger partial charge on any atom is -0.313 e. The Morgan fingerprint density at radius 2 is 2.23 bits per heavy atom. The van der Waals surface area contributed by atoms with Crippen LogP contribution in [0.4, 0.5) is 4.39 Å². The normalized spacial score (nSPS) is 20.5. The third kappa shape index (κ3) is 3.84. The van der Waals surface area contributed by atoms with E-state index in [9.17, 15) is 12.8 Å². The number of nitrogens with one attached hydrogen (secondary N) is 1. The zero-order valence-electron chi connectivity index (χ0n) is 13.1. The molecule has 0 aliphatic carbocycles. The van der Waals surface area contributed by atoms with Crippen LogP contribution in [0.1, 0.15) is 31.4 Å². The maximum Gasteiger partial charge on any atom is 0.282 e. The van der Waals surface area contributed by atoms with Crippen LogP contribution in [-0.2, 0) is 10.2 Å². The number of piperazine rings is 1. The molecule has 124 valence electrons. The lowest BCUT2D eigenvalue weighted by Crippen LogP contribution is -2.52. The van der Waals surface area contributed by atoms with E-state index in [0.29, 0.717) is 31.7 Å². The lowest BCUT2D eigenvalue weighted by atomic mass is 10.1. The summed E-state index contributed by atoms with van der Waals surface area (Å²) in [4.78, 5) is 0. The van der Waals surface area contributed by atoms with Crippen molar-refractivity contribution in [1.29, 1.82) is 0 Å². The Morgan fingerprint density at radius 3 is 2.91 bits per heavy atom. The molecule has 1 fully saturated rings. The molecule has 22 heavy (non-hydrogen) atoms. The Balaban J connectivity index is 2.26. The van der Waals surface area contributed by atoms with E-state index in [-0.39, 0.29) is 11.9 Å². The topological polar surface area (TPSA) is 52.7 Å². The molecule has 1 N–H and O–H groups in total. The molecule has 0 amide bonds. The van der Waals surface area contributed by atoms with Gasteiger partial charge in [0.2, 0.25) is 0 Å². The van der Waals surface area contributed by atoms with Gasteiger partial charge >= 0.3 is 0 Å². The van der Waals surface area contributed by atoms with Gasteiger partial charge < -0.3 is 5.32 Å². The highest BCUT2D eigenvalue weighted by Gasteiger charge is 2.35. The number of hydrogen-bond donors (Lipinski definition) is 1. The van der Waals surface area contributed by atoms with Crippen LogP contribution in [0, 0.1) is 5.82 Å². The van der Waals surface area contributed by atoms with E-state index in [1.54, 1.807) is 19.2 Å². The Hall–Kier alpha value is -1.02. The lowest BCUT2D eigenvalue weighted by Gasteiger charge is -2.37. The summed E-state index contributed by atoms with van der Waals surface area (Å²) in [6.45, 7) is 4.01. The maximum atomic E-state index is 13.5. The van der Waals surface area contributed by atoms with Crippen LogP contribution in [-0.4, -0.2) is 50.3 Å². The van der Waals surface area contributed by atoms with E-state index in [0.717, 1.165) is 12.8 Å². The summed E-state index contributed by atoms with van der Waals surface area (Å²) in [5.41, 5.74) is 0.680. The fraction of sp³-hybridized carbons (Fsp3) is 0.600. The van der Waals surface area contributed by atoms with E-state index in [1.165, 1.54) is 20.7 Å². The Kier molecular flexibility index (Phi) is 5.91. The van der Waals surface area contributed by atoms with Gasteiger partial charge in [0.05, 0.1) is 6.04 Å². The van der Waals surface area contributed by atoms with Crippen molar-refractivity contribution >= 4 is 10.2 Å². The van der Waals surface area contributed by atoms with E-state index < -0.39 is 10.2 Å². The lowest BCUT2D eigenvalue weighted by molar-refractivity contribution is 0.251. The smallest absolute Gasteiger partial charge is 0.282 e. The van der Waals surface area contributed by atoms with Crippen molar-refractivity contribution in [3.05, 3.63) is 35.6 Å². The summed E-state index contributed by atoms with van der Waals surface area (Å²) in [6.07, 6.45) is 1.77. The van der Waals surface area contributed by atoms with E-state index >= 15 is 0 Å². The van der Waals surface area contributed by atoms with Gasteiger partial charge in [-0.1, -0.05) is 25.5 Å². The van der Waals surface area contributed by atoms with Crippen LogP contribution in [0.15, 0.2) is 24.3 Å². The van der Waals surface area contributed by atoms with Crippen LogP contribution < -0.4 is 5.32 Å². The van der Waals surface area contributed by atoms with Crippen LogP contribution in [0.5, 0.6) is 0 Å². The third-order valence-corrected chi connectivity index (χ3v) is 5.94. The Labute approximate surface area is 132 Å². The summed E-state index contributed by atoms with van der Waals surface area (Å²) in [6, 6.07) is 5.79. The molecule has 7 heteroatoms. The molecule has 1 aliphatic rings. The third-order valence-electron chi connectivity index (χ3n) is 3.94. The van der Waals surface area contributed by atoms with Gasteiger partial charge in [-0.3, -0.25) is 0 Å². The predicted molar refractivity (Wildman–Crippen MR) is 85.2 cm³/mol. The number of halogens is 1. The molecule has 1 heterocycles.